The van der Waals surface area contributed by atoms with Crippen LogP contribution < -0.4 is 4.90 Å². The molecule has 1 saturated heterocycles. The largest absolute Gasteiger partial charge is 0.503 e. The van der Waals surface area contributed by atoms with Crippen LogP contribution in [0.5, 0.6) is 0 Å². The quantitative estimate of drug-likeness (QED) is 0.845. The molecule has 0 aliphatic carbocycles. The molecular formula is C20H23N3O4. The average Bonchev–Trinajstić information content (AvgIpc) is 3.34. The molecule has 1 amide bonds. The van der Waals surface area contributed by atoms with E-state index in [1.54, 1.807) is 12.4 Å². The minimum Gasteiger partial charge on any atom is -0.503 e. The van der Waals surface area contributed by atoms with Gasteiger partial charge in [0, 0.05) is 24.6 Å². The number of aliphatic hydroxyl groups excluding tert-OH is 1. The first-order valence-electron chi connectivity index (χ1n) is 9.28. The summed E-state index contributed by atoms with van der Waals surface area (Å²) in [6.45, 7) is 4.95. The Kier molecular flexibility index (Phi) is 4.47. The van der Waals surface area contributed by atoms with Gasteiger partial charge in [-0.3, -0.25) is 14.5 Å². The Labute approximate surface area is 157 Å². The summed E-state index contributed by atoms with van der Waals surface area (Å²) in [5.41, 5.74) is 2.43. The van der Waals surface area contributed by atoms with Crippen LogP contribution in [0.2, 0.25) is 0 Å². The van der Waals surface area contributed by atoms with E-state index >= 15 is 0 Å². The van der Waals surface area contributed by atoms with Crippen molar-refractivity contribution in [3.63, 3.8) is 0 Å². The van der Waals surface area contributed by atoms with Gasteiger partial charge < -0.3 is 14.8 Å². The number of rotatable bonds is 5. The van der Waals surface area contributed by atoms with Crippen molar-refractivity contribution in [1.29, 1.82) is 0 Å². The number of anilines is 1. The van der Waals surface area contributed by atoms with E-state index in [1.165, 1.54) is 4.90 Å². The lowest BCUT2D eigenvalue weighted by molar-refractivity contribution is -0.118. The number of Topliss-reactive ketones (excluding diaryl/α,β-unsaturated/α-hetero) is 1. The average molecular weight is 369 g/mol. The summed E-state index contributed by atoms with van der Waals surface area (Å²) < 4.78 is 5.52. The van der Waals surface area contributed by atoms with Crippen LogP contribution in [0.3, 0.4) is 0 Å². The molecular weight excluding hydrogens is 346 g/mol. The van der Waals surface area contributed by atoms with Gasteiger partial charge in [-0.15, -0.1) is 0 Å². The third-order valence-electron chi connectivity index (χ3n) is 5.24. The molecule has 0 bridgehead atoms. The Morgan fingerprint density at radius 3 is 2.96 bits per heavy atom. The first-order chi connectivity index (χ1) is 13.0. The van der Waals surface area contributed by atoms with Gasteiger partial charge in [0.1, 0.15) is 0 Å². The van der Waals surface area contributed by atoms with Gasteiger partial charge in [0.2, 0.25) is 0 Å². The van der Waals surface area contributed by atoms with E-state index in [0.717, 1.165) is 17.5 Å². The number of carbonyl (C=O) groups is 2. The van der Waals surface area contributed by atoms with Crippen LogP contribution >= 0.6 is 0 Å². The van der Waals surface area contributed by atoms with Crippen LogP contribution in [0.4, 0.5) is 5.69 Å². The smallest absolute Gasteiger partial charge is 0.294 e. The Hall–Kier alpha value is -2.67. The van der Waals surface area contributed by atoms with Crippen molar-refractivity contribution in [2.45, 2.75) is 32.7 Å². The fourth-order valence-electron chi connectivity index (χ4n) is 4.00. The molecule has 0 radical (unpaired) electrons. The van der Waals surface area contributed by atoms with Crippen LogP contribution in [0.15, 0.2) is 35.9 Å². The number of hydrogen-bond acceptors (Lipinski definition) is 5. The van der Waals surface area contributed by atoms with Crippen molar-refractivity contribution in [3.8, 4) is 0 Å². The molecule has 4 rings (SSSR count). The van der Waals surface area contributed by atoms with Crippen molar-refractivity contribution in [2.75, 3.05) is 18.1 Å². The van der Waals surface area contributed by atoms with Gasteiger partial charge in [-0.25, -0.2) is 4.98 Å². The van der Waals surface area contributed by atoms with Crippen LogP contribution in [0.1, 0.15) is 26.7 Å². The minimum absolute atomic E-state index is 0.0282. The van der Waals surface area contributed by atoms with Crippen molar-refractivity contribution in [1.82, 2.24) is 9.97 Å². The molecule has 2 atom stereocenters. The number of nitrogens with one attached hydrogen (secondary N) is 1. The standard InChI is InChI=1S/C20H23N3O4/c1-11(2)7-16(24)17-18(12-5-6-27-9-12)23(20(26)19(17)25)13-3-4-14-15(8-13)22-10-21-14/h3-4,8,10-12,18,25H,5-7,9H2,1-2H3,(H,21,22). The molecule has 2 aliphatic rings. The Morgan fingerprint density at radius 1 is 1.44 bits per heavy atom. The van der Waals surface area contributed by atoms with Gasteiger partial charge >= 0.3 is 0 Å². The predicted molar refractivity (Wildman–Crippen MR) is 100 cm³/mol. The molecule has 2 unspecified atom stereocenters. The molecule has 1 aromatic heterocycles. The summed E-state index contributed by atoms with van der Waals surface area (Å²) in [7, 11) is 0. The number of H-pyrrole nitrogens is 1. The summed E-state index contributed by atoms with van der Waals surface area (Å²) in [6, 6.07) is 4.95. The lowest BCUT2D eigenvalue weighted by Crippen LogP contribution is -2.42. The highest BCUT2D eigenvalue weighted by Gasteiger charge is 2.47. The number of benzene rings is 1. The van der Waals surface area contributed by atoms with Crippen molar-refractivity contribution >= 4 is 28.4 Å². The molecule has 1 fully saturated rings. The summed E-state index contributed by atoms with van der Waals surface area (Å²) in [4.78, 5) is 34.6. The van der Waals surface area contributed by atoms with Gasteiger partial charge in [0.15, 0.2) is 11.5 Å². The SMILES string of the molecule is CC(C)CC(=O)C1=C(O)C(=O)N(c2ccc3[nH]cnc3c2)C1C1CCOC1. The third kappa shape index (κ3) is 3.02. The highest BCUT2D eigenvalue weighted by molar-refractivity contribution is 6.16. The van der Waals surface area contributed by atoms with Crippen molar-refractivity contribution in [3.05, 3.63) is 35.9 Å². The van der Waals surface area contributed by atoms with Crippen LogP contribution in [0.25, 0.3) is 11.0 Å². The van der Waals surface area contributed by atoms with Gasteiger partial charge in [0.05, 0.1) is 35.6 Å². The zero-order valence-corrected chi connectivity index (χ0v) is 15.4. The highest BCUT2D eigenvalue weighted by atomic mass is 16.5. The normalized spacial score (nSPS) is 23.2. The molecule has 7 heteroatoms. The van der Waals surface area contributed by atoms with Crippen LogP contribution in [-0.2, 0) is 14.3 Å². The molecule has 0 saturated carbocycles. The second-order valence-electron chi connectivity index (χ2n) is 7.63. The summed E-state index contributed by atoms with van der Waals surface area (Å²) in [5, 5.41) is 10.6. The Morgan fingerprint density at radius 2 is 2.26 bits per heavy atom. The maximum absolute atomic E-state index is 12.9. The van der Waals surface area contributed by atoms with E-state index in [9.17, 15) is 14.7 Å². The van der Waals surface area contributed by atoms with E-state index in [1.807, 2.05) is 26.0 Å². The van der Waals surface area contributed by atoms with E-state index in [4.69, 9.17) is 4.74 Å². The van der Waals surface area contributed by atoms with E-state index in [2.05, 4.69) is 9.97 Å². The fraction of sp³-hybridized carbons (Fsp3) is 0.450. The number of fused-ring (bicyclic) bond motifs is 1. The zero-order chi connectivity index (χ0) is 19.1. The first kappa shape index (κ1) is 17.7. The van der Waals surface area contributed by atoms with Crippen LogP contribution in [-0.4, -0.2) is 46.0 Å². The molecule has 0 spiro atoms. The summed E-state index contributed by atoms with van der Waals surface area (Å²) in [5.74, 6) is -1.02. The van der Waals surface area contributed by atoms with Crippen molar-refractivity contribution in [2.24, 2.45) is 11.8 Å². The predicted octanol–water partition coefficient (Wildman–Crippen LogP) is 2.74. The molecule has 1 aromatic carbocycles. The topological polar surface area (TPSA) is 95.5 Å². The lowest BCUT2D eigenvalue weighted by atomic mass is 9.87. The molecule has 27 heavy (non-hydrogen) atoms. The molecule has 2 aromatic rings. The molecule has 3 heterocycles. The van der Waals surface area contributed by atoms with E-state index in [-0.39, 0.29) is 23.2 Å². The Bertz CT molecular complexity index is 924. The maximum Gasteiger partial charge on any atom is 0.294 e. The Balaban J connectivity index is 1.78. The molecule has 7 nitrogen and oxygen atoms in total. The van der Waals surface area contributed by atoms with Crippen LogP contribution in [0, 0.1) is 11.8 Å². The number of ketones is 1. The number of carbonyl (C=O) groups excluding carboxylic acids is 2. The molecule has 2 N–H and O–H groups in total. The number of aromatic nitrogens is 2. The first-order valence-corrected chi connectivity index (χ1v) is 9.28. The number of hydrogen-bond donors (Lipinski definition) is 2. The second kappa shape index (κ2) is 6.81. The lowest BCUT2D eigenvalue weighted by Gasteiger charge is -2.30. The monoisotopic (exact) mass is 369 g/mol. The number of aromatic amines is 1. The number of nitrogens with zero attached hydrogens (tertiary/aromatic N) is 2. The highest BCUT2D eigenvalue weighted by Crippen LogP contribution is 2.39. The van der Waals surface area contributed by atoms with Gasteiger partial charge in [0.25, 0.3) is 5.91 Å². The molecule has 2 aliphatic heterocycles. The van der Waals surface area contributed by atoms with Gasteiger partial charge in [-0.1, -0.05) is 13.8 Å². The summed E-state index contributed by atoms with van der Waals surface area (Å²) in [6.07, 6.45) is 2.63. The number of ether oxygens (including phenoxy) is 1. The second-order valence-corrected chi connectivity index (χ2v) is 7.63. The number of aliphatic hydroxyl groups is 1. The summed E-state index contributed by atoms with van der Waals surface area (Å²) >= 11 is 0. The zero-order valence-electron chi connectivity index (χ0n) is 15.4. The fourth-order valence-corrected chi connectivity index (χ4v) is 4.00. The number of amides is 1. The van der Waals surface area contributed by atoms with E-state index in [0.29, 0.717) is 25.3 Å². The molecule has 142 valence electrons. The third-order valence-corrected chi connectivity index (χ3v) is 5.24. The van der Waals surface area contributed by atoms with Gasteiger partial charge in [-0.2, -0.15) is 0 Å². The van der Waals surface area contributed by atoms with Crippen molar-refractivity contribution < 1.29 is 19.4 Å². The van der Waals surface area contributed by atoms with E-state index < -0.39 is 17.7 Å². The minimum atomic E-state index is -0.533. The maximum atomic E-state index is 12.9. The van der Waals surface area contributed by atoms with Gasteiger partial charge in [-0.05, 0) is 30.5 Å². The number of imidazole rings is 1.